The molecule has 1 N–H and O–H groups in total. The molecule has 6 nitrogen and oxygen atoms in total. The molecular formula is C20H16F3N3O3. The SMILES string of the molecule is CCOc1ccc(/C=N\Nc2ccc(C(F)(F)F)cc2[N+](=O)[O-])c2ccccc12. The topological polar surface area (TPSA) is 76.8 Å². The van der Waals surface area contributed by atoms with Crippen LogP contribution in [0.15, 0.2) is 59.7 Å². The van der Waals surface area contributed by atoms with Crippen LogP contribution in [0, 0.1) is 10.1 Å². The van der Waals surface area contributed by atoms with E-state index in [-0.39, 0.29) is 5.69 Å². The number of hydrogen-bond donors (Lipinski definition) is 1. The average Bonchev–Trinajstić information content (AvgIpc) is 2.69. The number of anilines is 1. The van der Waals surface area contributed by atoms with Gasteiger partial charge in [-0.1, -0.05) is 24.3 Å². The van der Waals surface area contributed by atoms with Crippen molar-refractivity contribution in [2.24, 2.45) is 5.10 Å². The van der Waals surface area contributed by atoms with E-state index >= 15 is 0 Å². The number of ether oxygens (including phenoxy) is 1. The highest BCUT2D eigenvalue weighted by Gasteiger charge is 2.33. The molecule has 0 bridgehead atoms. The van der Waals surface area contributed by atoms with Gasteiger partial charge in [0.1, 0.15) is 11.4 Å². The fourth-order valence-corrected chi connectivity index (χ4v) is 2.81. The standard InChI is InChI=1S/C20H16F3N3O3/c1-2-29-19-10-7-13(15-5-3-4-6-16(15)19)12-24-25-17-9-8-14(20(21,22)23)11-18(17)26(27)28/h3-12,25H,2H2,1H3/b24-12-. The monoisotopic (exact) mass is 403 g/mol. The Morgan fingerprint density at radius 1 is 1.14 bits per heavy atom. The molecule has 9 heteroatoms. The van der Waals surface area contributed by atoms with Gasteiger partial charge in [0.15, 0.2) is 0 Å². The van der Waals surface area contributed by atoms with Crippen LogP contribution >= 0.6 is 0 Å². The normalized spacial score (nSPS) is 11.7. The van der Waals surface area contributed by atoms with Gasteiger partial charge in [0.25, 0.3) is 5.69 Å². The van der Waals surface area contributed by atoms with E-state index in [4.69, 9.17) is 4.74 Å². The van der Waals surface area contributed by atoms with Crippen molar-refractivity contribution in [1.82, 2.24) is 0 Å². The summed E-state index contributed by atoms with van der Waals surface area (Å²) in [7, 11) is 0. The number of nitrogens with one attached hydrogen (secondary N) is 1. The molecule has 0 fully saturated rings. The highest BCUT2D eigenvalue weighted by Crippen LogP contribution is 2.35. The quantitative estimate of drug-likeness (QED) is 0.330. The Morgan fingerprint density at radius 3 is 2.52 bits per heavy atom. The molecule has 0 aliphatic heterocycles. The molecule has 0 spiro atoms. The average molecular weight is 403 g/mol. The van der Waals surface area contributed by atoms with Crippen LogP contribution in [0.3, 0.4) is 0 Å². The van der Waals surface area contributed by atoms with E-state index in [0.29, 0.717) is 24.0 Å². The lowest BCUT2D eigenvalue weighted by atomic mass is 10.0. The summed E-state index contributed by atoms with van der Waals surface area (Å²) in [4.78, 5) is 10.3. The number of halogens is 3. The van der Waals surface area contributed by atoms with Crippen molar-refractivity contribution in [2.45, 2.75) is 13.1 Å². The molecule has 0 heterocycles. The Balaban J connectivity index is 1.91. The summed E-state index contributed by atoms with van der Waals surface area (Å²) in [6.45, 7) is 2.39. The Hall–Kier alpha value is -3.62. The number of rotatable bonds is 6. The number of nitro benzene ring substituents is 1. The summed E-state index contributed by atoms with van der Waals surface area (Å²) >= 11 is 0. The maximum atomic E-state index is 12.8. The minimum atomic E-state index is -4.67. The van der Waals surface area contributed by atoms with Crippen molar-refractivity contribution in [3.05, 3.63) is 75.8 Å². The van der Waals surface area contributed by atoms with Gasteiger partial charge in [-0.15, -0.1) is 0 Å². The zero-order chi connectivity index (χ0) is 21.0. The van der Waals surface area contributed by atoms with E-state index in [0.717, 1.165) is 22.9 Å². The summed E-state index contributed by atoms with van der Waals surface area (Å²) in [5, 5.41) is 16.8. The second-order valence-electron chi connectivity index (χ2n) is 5.99. The van der Waals surface area contributed by atoms with E-state index in [9.17, 15) is 23.3 Å². The van der Waals surface area contributed by atoms with Gasteiger partial charge < -0.3 is 4.74 Å². The van der Waals surface area contributed by atoms with Crippen LogP contribution in [0.4, 0.5) is 24.5 Å². The predicted molar refractivity (Wildman–Crippen MR) is 104 cm³/mol. The van der Waals surface area contributed by atoms with Crippen LogP contribution in [0.1, 0.15) is 18.1 Å². The number of hydrazone groups is 1. The number of fused-ring (bicyclic) bond motifs is 1. The molecule has 3 aromatic carbocycles. The molecule has 150 valence electrons. The Bertz CT molecular complexity index is 1080. The fraction of sp³-hybridized carbons (Fsp3) is 0.150. The van der Waals surface area contributed by atoms with Gasteiger partial charge in [-0.2, -0.15) is 18.3 Å². The van der Waals surface area contributed by atoms with Gasteiger partial charge >= 0.3 is 6.18 Å². The summed E-state index contributed by atoms with van der Waals surface area (Å²) in [5.74, 6) is 0.714. The maximum absolute atomic E-state index is 12.8. The first-order chi connectivity index (χ1) is 13.8. The highest BCUT2D eigenvalue weighted by atomic mass is 19.4. The summed E-state index contributed by atoms with van der Waals surface area (Å²) in [5.41, 5.74) is 1.21. The molecule has 3 rings (SSSR count). The molecule has 0 amide bonds. The van der Waals surface area contributed by atoms with Crippen molar-refractivity contribution in [2.75, 3.05) is 12.0 Å². The van der Waals surface area contributed by atoms with Crippen LogP contribution < -0.4 is 10.2 Å². The Labute approximate surface area is 163 Å². The lowest BCUT2D eigenvalue weighted by Gasteiger charge is -2.10. The molecule has 0 saturated carbocycles. The molecular weight excluding hydrogens is 387 g/mol. The molecule has 29 heavy (non-hydrogen) atoms. The zero-order valence-electron chi connectivity index (χ0n) is 15.2. The highest BCUT2D eigenvalue weighted by molar-refractivity contribution is 6.02. The summed E-state index contributed by atoms with van der Waals surface area (Å²) < 4.78 is 44.0. The van der Waals surface area contributed by atoms with Crippen LogP contribution in [-0.4, -0.2) is 17.7 Å². The van der Waals surface area contributed by atoms with Crippen LogP contribution in [-0.2, 0) is 6.18 Å². The molecule has 0 aliphatic carbocycles. The number of nitro groups is 1. The third-order valence-corrected chi connectivity index (χ3v) is 4.13. The van der Waals surface area contributed by atoms with Gasteiger partial charge in [-0.05, 0) is 36.6 Å². The van der Waals surface area contributed by atoms with Crippen molar-refractivity contribution < 1.29 is 22.8 Å². The molecule has 3 aromatic rings. The second kappa shape index (κ2) is 8.17. The van der Waals surface area contributed by atoms with Gasteiger partial charge in [0, 0.05) is 17.0 Å². The first-order valence-corrected chi connectivity index (χ1v) is 8.60. The summed E-state index contributed by atoms with van der Waals surface area (Å²) in [6.07, 6.45) is -3.23. The smallest absolute Gasteiger partial charge is 0.416 e. The van der Waals surface area contributed by atoms with E-state index in [1.807, 2.05) is 31.2 Å². The van der Waals surface area contributed by atoms with E-state index < -0.39 is 22.4 Å². The van der Waals surface area contributed by atoms with Crippen LogP contribution in [0.25, 0.3) is 10.8 Å². The molecule has 0 saturated heterocycles. The lowest BCUT2D eigenvalue weighted by Crippen LogP contribution is -2.06. The van der Waals surface area contributed by atoms with Gasteiger partial charge in [-0.3, -0.25) is 15.5 Å². The fourth-order valence-electron chi connectivity index (χ4n) is 2.81. The zero-order valence-corrected chi connectivity index (χ0v) is 15.2. The molecule has 0 aliphatic rings. The van der Waals surface area contributed by atoms with E-state index in [2.05, 4.69) is 10.5 Å². The number of alkyl halides is 3. The first-order valence-electron chi connectivity index (χ1n) is 8.60. The van der Waals surface area contributed by atoms with Gasteiger partial charge in [0.2, 0.25) is 0 Å². The summed E-state index contributed by atoms with van der Waals surface area (Å²) in [6, 6.07) is 13.3. The Morgan fingerprint density at radius 2 is 1.86 bits per heavy atom. The predicted octanol–water partition coefficient (Wildman–Crippen LogP) is 5.61. The third-order valence-electron chi connectivity index (χ3n) is 4.13. The third kappa shape index (κ3) is 4.45. The molecule has 0 radical (unpaired) electrons. The van der Waals surface area contributed by atoms with Gasteiger partial charge in [-0.25, -0.2) is 0 Å². The maximum Gasteiger partial charge on any atom is 0.416 e. The van der Waals surface area contributed by atoms with Crippen LogP contribution in [0.2, 0.25) is 0 Å². The van der Waals surface area contributed by atoms with Crippen molar-refractivity contribution >= 4 is 28.4 Å². The van der Waals surface area contributed by atoms with Crippen molar-refractivity contribution in [3.8, 4) is 5.75 Å². The van der Waals surface area contributed by atoms with E-state index in [1.54, 1.807) is 12.1 Å². The minimum Gasteiger partial charge on any atom is -0.493 e. The number of nitrogens with zero attached hydrogens (tertiary/aromatic N) is 2. The van der Waals surface area contributed by atoms with E-state index in [1.165, 1.54) is 6.21 Å². The molecule has 0 aromatic heterocycles. The molecule has 0 atom stereocenters. The molecule has 0 unspecified atom stereocenters. The number of benzene rings is 3. The van der Waals surface area contributed by atoms with Gasteiger partial charge in [0.05, 0.1) is 23.3 Å². The van der Waals surface area contributed by atoms with Crippen molar-refractivity contribution in [3.63, 3.8) is 0 Å². The first kappa shape index (κ1) is 20.1. The lowest BCUT2D eigenvalue weighted by molar-refractivity contribution is -0.384. The second-order valence-corrected chi connectivity index (χ2v) is 5.99. The van der Waals surface area contributed by atoms with Crippen molar-refractivity contribution in [1.29, 1.82) is 0 Å². The van der Waals surface area contributed by atoms with Crippen LogP contribution in [0.5, 0.6) is 5.75 Å². The largest absolute Gasteiger partial charge is 0.493 e. The Kier molecular flexibility index (Phi) is 5.67. The minimum absolute atomic E-state index is 0.144. The number of hydrogen-bond acceptors (Lipinski definition) is 5.